The second kappa shape index (κ2) is 11.2. The Morgan fingerprint density at radius 1 is 1.00 bits per heavy atom. The number of amides is 4. The number of anilines is 1. The first-order valence-corrected chi connectivity index (χ1v) is 12.4. The van der Waals surface area contributed by atoms with Gasteiger partial charge in [0.1, 0.15) is 24.1 Å². The van der Waals surface area contributed by atoms with Gasteiger partial charge < -0.3 is 20.1 Å². The van der Waals surface area contributed by atoms with Crippen LogP contribution in [0.4, 0.5) is 23.7 Å². The lowest BCUT2D eigenvalue weighted by Gasteiger charge is -2.17. The van der Waals surface area contributed by atoms with Crippen molar-refractivity contribution < 1.29 is 41.8 Å². The quantitative estimate of drug-likeness (QED) is 0.164. The van der Waals surface area contributed by atoms with E-state index in [-0.39, 0.29) is 23.6 Å². The summed E-state index contributed by atoms with van der Waals surface area (Å²) in [5, 5.41) is 7.81. The van der Waals surface area contributed by atoms with Crippen molar-refractivity contribution in [3.05, 3.63) is 95.2 Å². The number of halogens is 3. The maximum absolute atomic E-state index is 13.2. The summed E-state index contributed by atoms with van der Waals surface area (Å²) in [5.74, 6) is -4.80. The number of nitrogens with zero attached hydrogens (tertiary/aromatic N) is 1. The lowest BCUT2D eigenvalue weighted by molar-refractivity contribution is -0.189. The molecule has 0 saturated carbocycles. The molecule has 4 amide bonds. The molecule has 1 saturated heterocycles. The molecule has 1 aliphatic rings. The number of carbonyl (C=O) groups excluding carboxylic acids is 4. The van der Waals surface area contributed by atoms with Crippen LogP contribution in [-0.4, -0.2) is 35.0 Å². The maximum atomic E-state index is 13.2. The van der Waals surface area contributed by atoms with Gasteiger partial charge in [-0.15, -0.1) is 0 Å². The van der Waals surface area contributed by atoms with Crippen molar-refractivity contribution in [1.29, 1.82) is 0 Å². The number of hydrogen-bond donors (Lipinski definition) is 3. The van der Waals surface area contributed by atoms with Gasteiger partial charge in [-0.05, 0) is 37.3 Å². The summed E-state index contributed by atoms with van der Waals surface area (Å²) in [5.41, 5.74) is 2.13. The number of esters is 1. The normalized spacial score (nSPS) is 14.7. The fourth-order valence-electron chi connectivity index (χ4n) is 4.39. The second-order valence-electron chi connectivity index (χ2n) is 9.21. The minimum Gasteiger partial charge on any atom is -0.489 e. The molecule has 4 aromatic rings. The van der Waals surface area contributed by atoms with E-state index in [1.165, 1.54) is 18.2 Å². The zero-order chi connectivity index (χ0) is 30.0. The molecule has 1 aliphatic heterocycles. The summed E-state index contributed by atoms with van der Waals surface area (Å²) in [6, 6.07) is 16.8. The van der Waals surface area contributed by atoms with E-state index in [0.29, 0.717) is 0 Å². The Morgan fingerprint density at radius 3 is 2.48 bits per heavy atom. The van der Waals surface area contributed by atoms with Crippen LogP contribution in [0.5, 0.6) is 11.5 Å². The van der Waals surface area contributed by atoms with Gasteiger partial charge in [0, 0.05) is 34.0 Å². The Balaban J connectivity index is 1.43. The maximum Gasteiger partial charge on any atom is 0.491 e. The number of carbonyl (C=O) groups is 4. The van der Waals surface area contributed by atoms with Gasteiger partial charge in [0.15, 0.2) is 0 Å². The van der Waals surface area contributed by atoms with E-state index in [1.54, 1.807) is 18.2 Å². The molecule has 1 atom stereocenters. The van der Waals surface area contributed by atoms with Crippen molar-refractivity contribution in [3.8, 4) is 11.5 Å². The number of alkyl halides is 3. The van der Waals surface area contributed by atoms with Gasteiger partial charge in [0.05, 0.1) is 11.1 Å². The van der Waals surface area contributed by atoms with Crippen LogP contribution in [-0.2, 0) is 16.2 Å². The molecular weight excluding hydrogens is 557 g/mol. The minimum atomic E-state index is -5.33. The Labute approximate surface area is 235 Å². The van der Waals surface area contributed by atoms with Crippen LogP contribution >= 0.6 is 0 Å². The van der Waals surface area contributed by atoms with Gasteiger partial charge >= 0.3 is 18.2 Å². The summed E-state index contributed by atoms with van der Waals surface area (Å²) in [4.78, 5) is 53.2. The summed E-state index contributed by atoms with van der Waals surface area (Å²) in [6.07, 6.45) is -5.33. The van der Waals surface area contributed by atoms with E-state index < -0.39 is 47.3 Å². The largest absolute Gasteiger partial charge is 0.491 e. The van der Waals surface area contributed by atoms with Crippen LogP contribution < -0.4 is 25.4 Å². The van der Waals surface area contributed by atoms with E-state index in [2.05, 4.69) is 25.7 Å². The molecule has 2 heterocycles. The van der Waals surface area contributed by atoms with Crippen LogP contribution in [0.15, 0.2) is 72.8 Å². The molecule has 214 valence electrons. The van der Waals surface area contributed by atoms with Crippen molar-refractivity contribution >= 4 is 40.4 Å². The number of rotatable bonds is 7. The fraction of sp³-hybridized carbons (Fsp3) is 0.138. The molecule has 3 aromatic carbocycles. The molecule has 1 aromatic heterocycles. The molecule has 0 aliphatic carbocycles. The van der Waals surface area contributed by atoms with E-state index >= 15 is 0 Å². The predicted octanol–water partition coefficient (Wildman–Crippen LogP) is 4.72. The number of aromatic nitrogens is 1. The number of pyridine rings is 1. The lowest BCUT2D eigenvalue weighted by Crippen LogP contribution is -2.29. The molecule has 42 heavy (non-hydrogen) atoms. The van der Waals surface area contributed by atoms with Crippen molar-refractivity contribution in [2.24, 2.45) is 0 Å². The minimum absolute atomic E-state index is 0.00459. The van der Waals surface area contributed by atoms with E-state index in [9.17, 15) is 32.3 Å². The van der Waals surface area contributed by atoms with Gasteiger partial charge in [0.2, 0.25) is 0 Å². The number of para-hydroxylation sites is 2. The smallest absolute Gasteiger partial charge is 0.489 e. The highest BCUT2D eigenvalue weighted by Gasteiger charge is 2.42. The second-order valence-corrected chi connectivity index (χ2v) is 9.21. The number of fused-ring (bicyclic) bond motifs is 1. The summed E-state index contributed by atoms with van der Waals surface area (Å²) in [7, 11) is 0. The van der Waals surface area contributed by atoms with Gasteiger partial charge in [-0.25, -0.2) is 9.59 Å². The molecule has 0 radical (unpaired) electrons. The number of aryl methyl sites for hydroxylation is 1. The van der Waals surface area contributed by atoms with Crippen molar-refractivity contribution in [1.82, 2.24) is 15.6 Å². The van der Waals surface area contributed by atoms with Crippen LogP contribution in [0, 0.1) is 6.92 Å². The van der Waals surface area contributed by atoms with Gasteiger partial charge in [-0.3, -0.25) is 19.9 Å². The molecule has 13 heteroatoms. The molecule has 1 unspecified atom stereocenters. The first-order valence-electron chi connectivity index (χ1n) is 12.4. The number of urea groups is 1. The Bertz CT molecular complexity index is 1740. The number of imide groups is 1. The third-order valence-electron chi connectivity index (χ3n) is 6.25. The first kappa shape index (κ1) is 28.1. The van der Waals surface area contributed by atoms with E-state index in [0.717, 1.165) is 34.3 Å². The van der Waals surface area contributed by atoms with Crippen LogP contribution in [0.2, 0.25) is 0 Å². The molecule has 0 spiro atoms. The molecule has 10 nitrogen and oxygen atoms in total. The Hall–Kier alpha value is -5.46. The van der Waals surface area contributed by atoms with E-state index in [1.807, 2.05) is 31.2 Å². The first-order chi connectivity index (χ1) is 20.0. The van der Waals surface area contributed by atoms with Crippen molar-refractivity contribution in [2.75, 3.05) is 5.32 Å². The number of nitrogens with one attached hydrogen (secondary N) is 3. The number of ether oxygens (including phenoxy) is 2. The van der Waals surface area contributed by atoms with Gasteiger partial charge in [-0.2, -0.15) is 13.2 Å². The van der Waals surface area contributed by atoms with Crippen molar-refractivity contribution in [2.45, 2.75) is 25.7 Å². The summed E-state index contributed by atoms with van der Waals surface area (Å²) in [6.45, 7) is 1.81. The van der Waals surface area contributed by atoms with Gasteiger partial charge in [-0.1, -0.05) is 36.4 Å². The van der Waals surface area contributed by atoms with Crippen molar-refractivity contribution in [3.63, 3.8) is 0 Å². The summed E-state index contributed by atoms with van der Waals surface area (Å²) < 4.78 is 49.6. The average Bonchev–Trinajstić information content (AvgIpc) is 3.28. The number of benzene rings is 3. The van der Waals surface area contributed by atoms with E-state index in [4.69, 9.17) is 4.74 Å². The highest BCUT2D eigenvalue weighted by atomic mass is 19.4. The average molecular weight is 579 g/mol. The third kappa shape index (κ3) is 5.99. The standard InChI is InChI=1S/C29H21F3N4O6/c1-15-12-16(18-6-2-4-8-21(18)33-15)14-41-17-10-11-20(23(13-17)42-27(39)29(30,31)32)25(37)34-22-9-5-3-7-19(22)24-26(38)36-28(40)35-24/h2-13,24H,14H2,1H3,(H,34,37)(H2,35,36,38,40). The molecule has 3 N–H and O–H groups in total. The van der Waals surface area contributed by atoms with Crippen LogP contribution in [0.1, 0.15) is 33.2 Å². The zero-order valence-electron chi connectivity index (χ0n) is 21.7. The zero-order valence-corrected chi connectivity index (χ0v) is 21.7. The highest BCUT2D eigenvalue weighted by Crippen LogP contribution is 2.31. The molecule has 5 rings (SSSR count). The SMILES string of the molecule is Cc1cc(COc2ccc(C(=O)Nc3ccccc3C3NC(=O)NC3=O)c(OC(=O)C(F)(F)F)c2)c2ccccc2n1. The predicted molar refractivity (Wildman–Crippen MR) is 143 cm³/mol. The van der Waals surface area contributed by atoms with Crippen LogP contribution in [0.25, 0.3) is 10.9 Å². The topological polar surface area (TPSA) is 136 Å². The fourth-order valence-corrected chi connectivity index (χ4v) is 4.39. The van der Waals surface area contributed by atoms with Crippen LogP contribution in [0.3, 0.4) is 0 Å². The Kier molecular flexibility index (Phi) is 7.49. The molecule has 1 fully saturated rings. The molecule has 0 bridgehead atoms. The summed E-state index contributed by atoms with van der Waals surface area (Å²) >= 11 is 0. The highest BCUT2D eigenvalue weighted by molar-refractivity contribution is 6.09. The molecular formula is C29H21F3N4O6. The Morgan fingerprint density at radius 2 is 1.74 bits per heavy atom. The third-order valence-corrected chi connectivity index (χ3v) is 6.25. The lowest BCUT2D eigenvalue weighted by atomic mass is 10.0. The van der Waals surface area contributed by atoms with Gasteiger partial charge in [0.25, 0.3) is 11.8 Å². The number of hydrogen-bond acceptors (Lipinski definition) is 7. The monoisotopic (exact) mass is 578 g/mol.